The van der Waals surface area contributed by atoms with Gasteiger partial charge < -0.3 is 15.4 Å². The molecule has 1 aliphatic rings. The van der Waals surface area contributed by atoms with Crippen molar-refractivity contribution >= 4 is 11.7 Å². The zero-order valence-corrected chi connectivity index (χ0v) is 11.3. The van der Waals surface area contributed by atoms with Crippen LogP contribution in [0.25, 0.3) is 0 Å². The average molecular weight is 263 g/mol. The molecule has 19 heavy (non-hydrogen) atoms. The first-order valence-corrected chi connectivity index (χ1v) is 6.90. The Bertz CT molecular complexity index is 417. The minimum Gasteiger partial charge on any atom is -0.376 e. The molecular weight excluding hydrogens is 242 g/mol. The third-order valence-electron chi connectivity index (χ3n) is 3.16. The number of hydrogen-bond donors (Lipinski definition) is 2. The van der Waals surface area contributed by atoms with Crippen LogP contribution in [0, 0.1) is 0 Å². The van der Waals surface area contributed by atoms with E-state index in [1.54, 1.807) is 18.3 Å². The van der Waals surface area contributed by atoms with Crippen LogP contribution in [0.5, 0.6) is 0 Å². The second kappa shape index (κ2) is 7.09. The molecule has 1 fully saturated rings. The Labute approximate surface area is 113 Å². The Balaban J connectivity index is 1.91. The molecule has 0 spiro atoms. The standard InChI is InChI=1S/C14H21N3O2/c1-2-15-13-12(7-5-8-16-13)14(18)17-10-11-6-3-4-9-19-11/h5,7-8,11H,2-4,6,9-10H2,1H3,(H,15,16)(H,17,18). The fraction of sp³-hybridized carbons (Fsp3) is 0.571. The van der Waals surface area contributed by atoms with E-state index in [0.29, 0.717) is 17.9 Å². The smallest absolute Gasteiger partial charge is 0.255 e. The summed E-state index contributed by atoms with van der Waals surface area (Å²) >= 11 is 0. The highest BCUT2D eigenvalue weighted by molar-refractivity contribution is 5.98. The number of nitrogens with one attached hydrogen (secondary N) is 2. The van der Waals surface area contributed by atoms with Crippen LogP contribution in [0.15, 0.2) is 18.3 Å². The molecule has 5 heteroatoms. The molecule has 104 valence electrons. The van der Waals surface area contributed by atoms with Crippen LogP contribution in [-0.2, 0) is 4.74 Å². The van der Waals surface area contributed by atoms with Crippen LogP contribution < -0.4 is 10.6 Å². The van der Waals surface area contributed by atoms with Gasteiger partial charge in [0.25, 0.3) is 5.91 Å². The van der Waals surface area contributed by atoms with Gasteiger partial charge in [0, 0.05) is 25.9 Å². The molecule has 0 aromatic carbocycles. The van der Waals surface area contributed by atoms with Gasteiger partial charge in [0.1, 0.15) is 5.82 Å². The summed E-state index contributed by atoms with van der Waals surface area (Å²) in [7, 11) is 0. The summed E-state index contributed by atoms with van der Waals surface area (Å²) in [5.41, 5.74) is 0.583. The van der Waals surface area contributed by atoms with E-state index >= 15 is 0 Å². The number of pyridine rings is 1. The van der Waals surface area contributed by atoms with Crippen molar-refractivity contribution in [1.82, 2.24) is 10.3 Å². The van der Waals surface area contributed by atoms with Crippen molar-refractivity contribution < 1.29 is 9.53 Å². The topological polar surface area (TPSA) is 63.2 Å². The van der Waals surface area contributed by atoms with Gasteiger partial charge in [-0.3, -0.25) is 4.79 Å². The SMILES string of the molecule is CCNc1ncccc1C(=O)NCC1CCCCO1. The summed E-state index contributed by atoms with van der Waals surface area (Å²) in [5.74, 6) is 0.533. The number of anilines is 1. The van der Waals surface area contributed by atoms with E-state index in [0.717, 1.165) is 26.0 Å². The molecule has 1 saturated heterocycles. The van der Waals surface area contributed by atoms with Crippen LogP contribution in [0.4, 0.5) is 5.82 Å². The number of amides is 1. The first kappa shape index (κ1) is 13.8. The second-order valence-electron chi connectivity index (χ2n) is 4.63. The van der Waals surface area contributed by atoms with E-state index in [9.17, 15) is 4.79 Å². The van der Waals surface area contributed by atoms with Crippen molar-refractivity contribution in [3.05, 3.63) is 23.9 Å². The van der Waals surface area contributed by atoms with Crippen LogP contribution in [0.2, 0.25) is 0 Å². The summed E-state index contributed by atoms with van der Waals surface area (Å²) < 4.78 is 5.60. The lowest BCUT2D eigenvalue weighted by molar-refractivity contribution is 0.0169. The molecule has 5 nitrogen and oxygen atoms in total. The van der Waals surface area contributed by atoms with Gasteiger partial charge in [-0.15, -0.1) is 0 Å². The number of carbonyl (C=O) groups excluding carboxylic acids is 1. The zero-order chi connectivity index (χ0) is 13.5. The second-order valence-corrected chi connectivity index (χ2v) is 4.63. The number of carbonyl (C=O) groups is 1. The Kier molecular flexibility index (Phi) is 5.15. The van der Waals surface area contributed by atoms with Crippen LogP contribution >= 0.6 is 0 Å². The van der Waals surface area contributed by atoms with E-state index < -0.39 is 0 Å². The lowest BCUT2D eigenvalue weighted by Crippen LogP contribution is -2.35. The molecule has 1 aromatic rings. The first-order chi connectivity index (χ1) is 9.31. The molecule has 0 saturated carbocycles. The monoisotopic (exact) mass is 263 g/mol. The van der Waals surface area contributed by atoms with E-state index in [1.165, 1.54) is 6.42 Å². The average Bonchev–Trinajstić information content (AvgIpc) is 2.47. The van der Waals surface area contributed by atoms with Gasteiger partial charge in [0.2, 0.25) is 0 Å². The molecule has 1 atom stereocenters. The third-order valence-corrected chi connectivity index (χ3v) is 3.16. The molecular formula is C14H21N3O2. The first-order valence-electron chi connectivity index (χ1n) is 6.90. The summed E-state index contributed by atoms with van der Waals surface area (Å²) in [5, 5.41) is 6.02. The maximum Gasteiger partial charge on any atom is 0.255 e. The van der Waals surface area contributed by atoms with E-state index in [-0.39, 0.29) is 12.0 Å². The van der Waals surface area contributed by atoms with Crippen molar-refractivity contribution in [3.8, 4) is 0 Å². The van der Waals surface area contributed by atoms with Crippen LogP contribution in [0.3, 0.4) is 0 Å². The molecule has 2 heterocycles. The molecule has 0 aliphatic carbocycles. The van der Waals surface area contributed by atoms with Crippen LogP contribution in [-0.4, -0.2) is 36.7 Å². The lowest BCUT2D eigenvalue weighted by Gasteiger charge is -2.22. The van der Waals surface area contributed by atoms with E-state index in [4.69, 9.17) is 4.74 Å². The molecule has 0 radical (unpaired) electrons. The Morgan fingerprint density at radius 2 is 2.42 bits per heavy atom. The summed E-state index contributed by atoms with van der Waals surface area (Å²) in [6.07, 6.45) is 5.15. The van der Waals surface area contributed by atoms with Crippen molar-refractivity contribution in [2.45, 2.75) is 32.3 Å². The minimum absolute atomic E-state index is 0.0989. The number of ether oxygens (including phenoxy) is 1. The minimum atomic E-state index is -0.0989. The van der Waals surface area contributed by atoms with E-state index in [1.807, 2.05) is 6.92 Å². The Hall–Kier alpha value is -1.62. The number of hydrogen-bond acceptors (Lipinski definition) is 4. The molecule has 1 aliphatic heterocycles. The van der Waals surface area contributed by atoms with Crippen molar-refractivity contribution in [3.63, 3.8) is 0 Å². The summed E-state index contributed by atoms with van der Waals surface area (Å²) in [6.45, 7) is 4.09. The highest BCUT2D eigenvalue weighted by Crippen LogP contribution is 2.13. The predicted octanol–water partition coefficient (Wildman–Crippen LogP) is 1.81. The Morgan fingerprint density at radius 1 is 1.53 bits per heavy atom. The fourth-order valence-electron chi connectivity index (χ4n) is 2.17. The maximum atomic E-state index is 12.1. The molecule has 2 rings (SSSR count). The van der Waals surface area contributed by atoms with Gasteiger partial charge in [-0.25, -0.2) is 4.98 Å². The predicted molar refractivity (Wildman–Crippen MR) is 74.3 cm³/mol. The largest absolute Gasteiger partial charge is 0.376 e. The van der Waals surface area contributed by atoms with Gasteiger partial charge in [0.05, 0.1) is 11.7 Å². The van der Waals surface area contributed by atoms with Gasteiger partial charge in [-0.2, -0.15) is 0 Å². The van der Waals surface area contributed by atoms with Crippen LogP contribution in [0.1, 0.15) is 36.5 Å². The molecule has 1 amide bonds. The van der Waals surface area contributed by atoms with Crippen molar-refractivity contribution in [2.75, 3.05) is 25.0 Å². The highest BCUT2D eigenvalue weighted by Gasteiger charge is 2.16. The highest BCUT2D eigenvalue weighted by atomic mass is 16.5. The number of nitrogens with zero attached hydrogens (tertiary/aromatic N) is 1. The van der Waals surface area contributed by atoms with Gasteiger partial charge in [0.15, 0.2) is 0 Å². The molecule has 1 unspecified atom stereocenters. The maximum absolute atomic E-state index is 12.1. The van der Waals surface area contributed by atoms with Crippen molar-refractivity contribution in [2.24, 2.45) is 0 Å². The van der Waals surface area contributed by atoms with Gasteiger partial charge >= 0.3 is 0 Å². The molecule has 2 N–H and O–H groups in total. The zero-order valence-electron chi connectivity index (χ0n) is 11.3. The quantitative estimate of drug-likeness (QED) is 0.850. The number of aromatic nitrogens is 1. The number of rotatable bonds is 5. The fourth-order valence-corrected chi connectivity index (χ4v) is 2.17. The van der Waals surface area contributed by atoms with Gasteiger partial charge in [-0.1, -0.05) is 0 Å². The van der Waals surface area contributed by atoms with E-state index in [2.05, 4.69) is 15.6 Å². The van der Waals surface area contributed by atoms with Gasteiger partial charge in [-0.05, 0) is 38.3 Å². The Morgan fingerprint density at radius 3 is 3.16 bits per heavy atom. The lowest BCUT2D eigenvalue weighted by atomic mass is 10.1. The summed E-state index contributed by atoms with van der Waals surface area (Å²) in [4.78, 5) is 16.3. The third kappa shape index (κ3) is 3.92. The molecule has 0 bridgehead atoms. The molecule has 1 aromatic heterocycles. The van der Waals surface area contributed by atoms with Crippen molar-refractivity contribution in [1.29, 1.82) is 0 Å². The normalized spacial score (nSPS) is 18.9. The summed E-state index contributed by atoms with van der Waals surface area (Å²) in [6, 6.07) is 3.55.